The molecule has 0 saturated heterocycles. The van der Waals surface area contributed by atoms with Gasteiger partial charge in [-0.1, -0.05) is 6.07 Å². The Morgan fingerprint density at radius 2 is 2.13 bits per heavy atom. The highest BCUT2D eigenvalue weighted by molar-refractivity contribution is 5.91. The first-order chi connectivity index (χ1) is 7.20. The fraction of sp³-hybridized carbons (Fsp3) is 0.182. The number of carboxylic acids is 1. The quantitative estimate of drug-likeness (QED) is 0.801. The number of benzene rings is 1. The highest BCUT2D eigenvalue weighted by Gasteiger charge is 2.10. The van der Waals surface area contributed by atoms with E-state index in [1.165, 1.54) is 6.07 Å². The topological polar surface area (TPSA) is 70.7 Å². The number of aliphatic hydroxyl groups excluding tert-OH is 1. The molecule has 0 aliphatic carbocycles. The zero-order chi connectivity index (χ0) is 10.8. The van der Waals surface area contributed by atoms with Gasteiger partial charge in [0.25, 0.3) is 0 Å². The standard InChI is InChI=1S/C11H10O4/c12-4-3-7-1-2-9-8(5-7)6-10(15-9)11(13)14/h1-2,5-6,12H,3-4H2,(H,13,14). The normalized spacial score (nSPS) is 10.7. The van der Waals surface area contributed by atoms with E-state index in [1.807, 2.05) is 12.1 Å². The van der Waals surface area contributed by atoms with Crippen molar-refractivity contribution in [1.29, 1.82) is 0 Å². The van der Waals surface area contributed by atoms with Gasteiger partial charge in [-0.15, -0.1) is 0 Å². The molecule has 4 nitrogen and oxygen atoms in total. The van der Waals surface area contributed by atoms with Crippen LogP contribution in [0.2, 0.25) is 0 Å². The van der Waals surface area contributed by atoms with E-state index in [1.54, 1.807) is 6.07 Å². The van der Waals surface area contributed by atoms with Gasteiger partial charge in [-0.2, -0.15) is 0 Å². The van der Waals surface area contributed by atoms with Crippen molar-refractivity contribution in [2.24, 2.45) is 0 Å². The predicted molar refractivity (Wildman–Crippen MR) is 54.0 cm³/mol. The number of carbonyl (C=O) groups is 1. The third-order valence-corrected chi connectivity index (χ3v) is 2.19. The maximum absolute atomic E-state index is 10.6. The molecular formula is C11H10O4. The maximum atomic E-state index is 10.6. The average molecular weight is 206 g/mol. The second-order valence-corrected chi connectivity index (χ2v) is 3.26. The van der Waals surface area contributed by atoms with Crippen molar-refractivity contribution in [2.75, 3.05) is 6.61 Å². The van der Waals surface area contributed by atoms with Crippen LogP contribution in [-0.2, 0) is 6.42 Å². The Kier molecular flexibility index (Phi) is 2.43. The summed E-state index contributed by atoms with van der Waals surface area (Å²) in [4.78, 5) is 10.6. The van der Waals surface area contributed by atoms with E-state index >= 15 is 0 Å². The second-order valence-electron chi connectivity index (χ2n) is 3.26. The minimum Gasteiger partial charge on any atom is -0.475 e. The van der Waals surface area contributed by atoms with Crippen LogP contribution in [0.4, 0.5) is 0 Å². The van der Waals surface area contributed by atoms with Gasteiger partial charge in [-0.05, 0) is 30.2 Å². The molecule has 78 valence electrons. The Balaban J connectivity index is 2.47. The zero-order valence-corrected chi connectivity index (χ0v) is 7.93. The second kappa shape index (κ2) is 3.74. The van der Waals surface area contributed by atoms with E-state index in [4.69, 9.17) is 14.6 Å². The van der Waals surface area contributed by atoms with Gasteiger partial charge in [-0.3, -0.25) is 0 Å². The summed E-state index contributed by atoms with van der Waals surface area (Å²) in [6.45, 7) is 0.0785. The van der Waals surface area contributed by atoms with Crippen LogP contribution in [-0.4, -0.2) is 22.8 Å². The summed E-state index contributed by atoms with van der Waals surface area (Å²) in [6.07, 6.45) is 0.559. The number of rotatable bonds is 3. The fourth-order valence-electron chi connectivity index (χ4n) is 1.48. The molecular weight excluding hydrogens is 196 g/mol. The zero-order valence-electron chi connectivity index (χ0n) is 7.93. The first kappa shape index (κ1) is 9.73. The van der Waals surface area contributed by atoms with E-state index in [0.717, 1.165) is 10.9 Å². The fourth-order valence-corrected chi connectivity index (χ4v) is 1.48. The first-order valence-electron chi connectivity index (χ1n) is 4.57. The summed E-state index contributed by atoms with van der Waals surface area (Å²) in [5.74, 6) is -1.14. The van der Waals surface area contributed by atoms with Gasteiger partial charge in [0.2, 0.25) is 5.76 Å². The number of hydrogen-bond donors (Lipinski definition) is 2. The third kappa shape index (κ3) is 1.85. The molecule has 0 radical (unpaired) electrons. The molecule has 0 atom stereocenters. The van der Waals surface area contributed by atoms with Gasteiger partial charge < -0.3 is 14.6 Å². The van der Waals surface area contributed by atoms with Crippen molar-refractivity contribution in [3.63, 3.8) is 0 Å². The highest BCUT2D eigenvalue weighted by atomic mass is 16.4. The van der Waals surface area contributed by atoms with Crippen molar-refractivity contribution in [1.82, 2.24) is 0 Å². The van der Waals surface area contributed by atoms with Crippen LogP contribution in [0.3, 0.4) is 0 Å². The minimum absolute atomic E-state index is 0.0638. The van der Waals surface area contributed by atoms with Crippen molar-refractivity contribution in [3.8, 4) is 0 Å². The lowest BCUT2D eigenvalue weighted by molar-refractivity contribution is 0.0665. The van der Waals surface area contributed by atoms with Crippen molar-refractivity contribution in [3.05, 3.63) is 35.6 Å². The van der Waals surface area contributed by atoms with Crippen molar-refractivity contribution < 1.29 is 19.4 Å². The molecule has 0 spiro atoms. The molecule has 15 heavy (non-hydrogen) atoms. The van der Waals surface area contributed by atoms with E-state index in [2.05, 4.69) is 0 Å². The minimum atomic E-state index is -1.07. The third-order valence-electron chi connectivity index (χ3n) is 2.19. The molecule has 0 unspecified atom stereocenters. The van der Waals surface area contributed by atoms with Crippen LogP contribution >= 0.6 is 0 Å². The lowest BCUT2D eigenvalue weighted by Crippen LogP contribution is -1.91. The van der Waals surface area contributed by atoms with Crippen molar-refractivity contribution in [2.45, 2.75) is 6.42 Å². The van der Waals surface area contributed by atoms with Crippen LogP contribution in [0.1, 0.15) is 16.1 Å². The molecule has 2 aromatic rings. The summed E-state index contributed by atoms with van der Waals surface area (Å²) in [5, 5.41) is 18.2. The van der Waals surface area contributed by atoms with E-state index < -0.39 is 5.97 Å². The first-order valence-corrected chi connectivity index (χ1v) is 4.57. The molecule has 0 aliphatic rings. The van der Waals surface area contributed by atoms with Crippen molar-refractivity contribution >= 4 is 16.9 Å². The Morgan fingerprint density at radius 3 is 2.80 bits per heavy atom. The SMILES string of the molecule is O=C(O)c1cc2cc(CCO)ccc2o1. The van der Waals surface area contributed by atoms with Crippen LogP contribution in [0, 0.1) is 0 Å². The summed E-state index contributed by atoms with van der Waals surface area (Å²) < 4.78 is 5.10. The summed E-state index contributed by atoms with van der Waals surface area (Å²) in [6, 6.07) is 6.83. The number of aromatic carboxylic acids is 1. The molecule has 2 rings (SSSR count). The van der Waals surface area contributed by atoms with Crippen LogP contribution in [0.25, 0.3) is 11.0 Å². The number of carboxylic acid groups (broad SMARTS) is 1. The van der Waals surface area contributed by atoms with Crippen LogP contribution < -0.4 is 0 Å². The number of furan rings is 1. The highest BCUT2D eigenvalue weighted by Crippen LogP contribution is 2.20. The molecule has 2 N–H and O–H groups in total. The van der Waals surface area contributed by atoms with E-state index in [0.29, 0.717) is 12.0 Å². The Morgan fingerprint density at radius 1 is 1.33 bits per heavy atom. The number of hydrogen-bond acceptors (Lipinski definition) is 3. The van der Waals surface area contributed by atoms with Gasteiger partial charge in [-0.25, -0.2) is 4.79 Å². The summed E-state index contributed by atoms with van der Waals surface area (Å²) in [7, 11) is 0. The molecule has 0 amide bonds. The van der Waals surface area contributed by atoms with Gasteiger partial charge in [0, 0.05) is 12.0 Å². The smallest absolute Gasteiger partial charge is 0.371 e. The summed E-state index contributed by atoms with van der Waals surface area (Å²) >= 11 is 0. The lowest BCUT2D eigenvalue weighted by Gasteiger charge is -1.96. The van der Waals surface area contributed by atoms with Crippen LogP contribution in [0.5, 0.6) is 0 Å². The predicted octanol–water partition coefficient (Wildman–Crippen LogP) is 1.67. The van der Waals surface area contributed by atoms with Gasteiger partial charge in [0.15, 0.2) is 0 Å². The Labute approximate surface area is 85.8 Å². The maximum Gasteiger partial charge on any atom is 0.371 e. The average Bonchev–Trinajstić information content (AvgIpc) is 2.61. The van der Waals surface area contributed by atoms with Gasteiger partial charge in [0.1, 0.15) is 5.58 Å². The van der Waals surface area contributed by atoms with Gasteiger partial charge >= 0.3 is 5.97 Å². The molecule has 0 saturated carbocycles. The monoisotopic (exact) mass is 206 g/mol. The molecule has 0 aliphatic heterocycles. The van der Waals surface area contributed by atoms with E-state index in [-0.39, 0.29) is 12.4 Å². The van der Waals surface area contributed by atoms with Crippen LogP contribution in [0.15, 0.2) is 28.7 Å². The Bertz CT molecular complexity index is 498. The summed E-state index contributed by atoms with van der Waals surface area (Å²) in [5.41, 5.74) is 1.51. The molecule has 1 aromatic heterocycles. The molecule has 0 fully saturated rings. The molecule has 1 heterocycles. The molecule has 1 aromatic carbocycles. The van der Waals surface area contributed by atoms with E-state index in [9.17, 15) is 4.79 Å². The number of fused-ring (bicyclic) bond motifs is 1. The number of aliphatic hydroxyl groups is 1. The Hall–Kier alpha value is -1.81. The molecule has 0 bridgehead atoms. The largest absolute Gasteiger partial charge is 0.475 e. The van der Waals surface area contributed by atoms with Gasteiger partial charge in [0.05, 0.1) is 0 Å². The molecule has 4 heteroatoms. The lowest BCUT2D eigenvalue weighted by atomic mass is 10.1.